The Morgan fingerprint density at radius 3 is 2.22 bits per heavy atom. The molecule has 0 spiro atoms. The summed E-state index contributed by atoms with van der Waals surface area (Å²) in [4.78, 5) is 32.5. The van der Waals surface area contributed by atoms with Crippen molar-refractivity contribution in [2.24, 2.45) is 11.8 Å². The number of esters is 1. The molecule has 0 saturated carbocycles. The van der Waals surface area contributed by atoms with Crippen molar-refractivity contribution in [2.75, 3.05) is 34.2 Å². The second kappa shape index (κ2) is 11.8. The second-order valence-corrected chi connectivity index (χ2v) is 12.7. The van der Waals surface area contributed by atoms with Crippen LogP contribution in [0.15, 0.2) is 24.3 Å². The van der Waals surface area contributed by atoms with Crippen LogP contribution in [0.3, 0.4) is 0 Å². The van der Waals surface area contributed by atoms with E-state index in [1.807, 2.05) is 0 Å². The van der Waals surface area contributed by atoms with Crippen LogP contribution in [0.2, 0.25) is 0 Å². The summed E-state index contributed by atoms with van der Waals surface area (Å²) in [6.07, 6.45) is -7.18. The third-order valence-corrected chi connectivity index (χ3v) is 9.36. The number of hydrogen-bond donors (Lipinski definition) is 4. The number of methoxy groups -OCH3 is 2. The van der Waals surface area contributed by atoms with E-state index in [9.17, 15) is 29.4 Å². The van der Waals surface area contributed by atoms with Crippen molar-refractivity contribution in [1.82, 2.24) is 0 Å². The summed E-state index contributed by atoms with van der Waals surface area (Å²) in [5, 5.41) is 22.0. The largest absolute Gasteiger partial charge is 0.525 e. The lowest BCUT2D eigenvalue weighted by Crippen LogP contribution is -2.63. The molecule has 0 bridgehead atoms. The van der Waals surface area contributed by atoms with E-state index < -0.39 is 74.6 Å². The molecule has 1 aliphatic carbocycles. The first-order chi connectivity index (χ1) is 22.0. The van der Waals surface area contributed by atoms with Crippen molar-refractivity contribution in [2.45, 2.75) is 55.9 Å². The zero-order chi connectivity index (χ0) is 32.5. The van der Waals surface area contributed by atoms with E-state index in [4.69, 9.17) is 47.2 Å². The van der Waals surface area contributed by atoms with Crippen LogP contribution in [-0.4, -0.2) is 97.2 Å². The number of rotatable bonds is 7. The Balaban J connectivity index is 1.32. The van der Waals surface area contributed by atoms with Crippen molar-refractivity contribution < 1.29 is 76.5 Å². The number of aliphatic hydroxyl groups excluding tert-OH is 2. The highest BCUT2D eigenvalue weighted by molar-refractivity contribution is 7.46. The van der Waals surface area contributed by atoms with Gasteiger partial charge in [-0.1, -0.05) is 0 Å². The van der Waals surface area contributed by atoms with E-state index in [1.54, 1.807) is 19.1 Å². The van der Waals surface area contributed by atoms with Gasteiger partial charge in [-0.25, -0.2) is 4.57 Å². The topological polar surface area (TPSA) is 207 Å². The van der Waals surface area contributed by atoms with Crippen LogP contribution in [0.1, 0.15) is 35.6 Å². The first-order valence-corrected chi connectivity index (χ1v) is 16.1. The molecule has 5 aliphatic rings. The Morgan fingerprint density at radius 2 is 1.57 bits per heavy atom. The van der Waals surface area contributed by atoms with E-state index in [0.717, 1.165) is 0 Å². The highest BCUT2D eigenvalue weighted by atomic mass is 31.2. The summed E-state index contributed by atoms with van der Waals surface area (Å²) in [5.41, 5.74) is 1.65. The third kappa shape index (κ3) is 5.37. The summed E-state index contributed by atoms with van der Waals surface area (Å²) in [7, 11) is -2.40. The van der Waals surface area contributed by atoms with Gasteiger partial charge in [-0.05, 0) is 47.9 Å². The highest BCUT2D eigenvalue weighted by Gasteiger charge is 2.56. The normalized spacial score (nSPS) is 34.6. The SMILES string of the molecule is COc1cc([C@@H]2c3cc4c(cc3[C@@H](O[C@@H]3O[C@@H]5CO[C@H](C)O[C@@H]5[C@H](O)[C@@H]3O)[C@H]3COC(=O)[C@@H]23)OCO4)cc(OC)c1OP(=O)(O)O. The molecule has 16 nitrogen and oxygen atoms in total. The Bertz CT molecular complexity index is 1530. The van der Waals surface area contributed by atoms with Crippen LogP contribution in [-0.2, 0) is 33.0 Å². The zero-order valence-electron chi connectivity index (χ0n) is 24.8. The van der Waals surface area contributed by atoms with Gasteiger partial charge >= 0.3 is 13.8 Å². The smallest absolute Gasteiger partial charge is 0.493 e. The number of fused-ring (bicyclic) bond motifs is 4. The van der Waals surface area contributed by atoms with E-state index in [1.165, 1.54) is 26.4 Å². The van der Waals surface area contributed by atoms with Crippen molar-refractivity contribution in [3.63, 3.8) is 0 Å². The molecule has 2 aromatic rings. The predicted molar refractivity (Wildman–Crippen MR) is 149 cm³/mol. The lowest BCUT2D eigenvalue weighted by Gasteiger charge is -2.47. The number of carbonyl (C=O) groups excluding carboxylic acids is 1. The van der Waals surface area contributed by atoms with Crippen molar-refractivity contribution in [3.8, 4) is 28.7 Å². The van der Waals surface area contributed by atoms with Gasteiger partial charge in [0.15, 0.2) is 35.6 Å². The maximum Gasteiger partial charge on any atom is 0.525 e. The minimum atomic E-state index is -5.00. The molecule has 10 atom stereocenters. The molecule has 250 valence electrons. The first kappa shape index (κ1) is 31.4. The molecule has 4 N–H and O–H groups in total. The van der Waals surface area contributed by atoms with Crippen molar-refractivity contribution in [1.29, 1.82) is 0 Å². The molecule has 0 aromatic heterocycles. The van der Waals surface area contributed by atoms with Crippen molar-refractivity contribution in [3.05, 3.63) is 41.0 Å². The maximum atomic E-state index is 13.5. The monoisotopic (exact) mass is 668 g/mol. The summed E-state index contributed by atoms with van der Waals surface area (Å²) >= 11 is 0. The standard InChI is InChI=1S/C29H33O16P/c1-11-38-9-20-27(42-11)23(30)24(31)29(43-20)44-25-14-7-17-16(40-10-41-17)6-13(14)21(22-15(25)8-39-28(22)32)12-4-18(36-2)26(19(5-12)37-3)45-46(33,34)35/h4-7,11,15,20-25,27,29-31H,8-10H2,1-3H3,(H2,33,34,35)/t11-,15-,20+,21+,22+,23+,24-,25+,27-,29-/m0/s1. The van der Waals surface area contributed by atoms with Crippen LogP contribution in [0.5, 0.6) is 28.7 Å². The van der Waals surface area contributed by atoms with Gasteiger partial charge in [0, 0.05) is 11.8 Å². The van der Waals surface area contributed by atoms with E-state index in [-0.39, 0.29) is 37.3 Å². The predicted octanol–water partition coefficient (Wildman–Crippen LogP) is 1.10. The molecule has 17 heteroatoms. The van der Waals surface area contributed by atoms with Gasteiger partial charge in [0.25, 0.3) is 0 Å². The molecule has 4 aliphatic heterocycles. The van der Waals surface area contributed by atoms with Gasteiger partial charge in [0.1, 0.15) is 24.4 Å². The van der Waals surface area contributed by atoms with Gasteiger partial charge < -0.3 is 57.4 Å². The zero-order valence-corrected chi connectivity index (χ0v) is 25.7. The van der Waals surface area contributed by atoms with E-state index >= 15 is 0 Å². The lowest BCUT2D eigenvalue weighted by molar-refractivity contribution is -0.364. The second-order valence-electron chi connectivity index (χ2n) is 11.6. The fourth-order valence-electron chi connectivity index (χ4n) is 6.93. The minimum absolute atomic E-state index is 0.0303. The molecule has 46 heavy (non-hydrogen) atoms. The number of phosphoric ester groups is 1. The summed E-state index contributed by atoms with van der Waals surface area (Å²) < 4.78 is 68.1. The third-order valence-electron chi connectivity index (χ3n) is 8.94. The average Bonchev–Trinajstić information content (AvgIpc) is 3.64. The van der Waals surface area contributed by atoms with E-state index in [0.29, 0.717) is 28.2 Å². The van der Waals surface area contributed by atoms with Crippen LogP contribution < -0.4 is 23.5 Å². The lowest BCUT2D eigenvalue weighted by atomic mass is 9.66. The van der Waals surface area contributed by atoms with Gasteiger partial charge in [-0.2, -0.15) is 0 Å². The Hall–Kier alpha value is -3.18. The average molecular weight is 669 g/mol. The Kier molecular flexibility index (Phi) is 8.07. The molecule has 7 rings (SSSR count). The Labute approximate surface area is 262 Å². The number of aliphatic hydroxyl groups is 2. The molecule has 3 fully saturated rings. The van der Waals surface area contributed by atoms with Crippen LogP contribution in [0.25, 0.3) is 0 Å². The number of ether oxygens (including phenoxy) is 9. The highest BCUT2D eigenvalue weighted by Crippen LogP contribution is 2.57. The molecule has 0 unspecified atom stereocenters. The fraction of sp³-hybridized carbons (Fsp3) is 0.552. The number of carbonyl (C=O) groups is 1. The molecule has 3 saturated heterocycles. The summed E-state index contributed by atoms with van der Waals surface area (Å²) in [6, 6.07) is 6.47. The maximum absolute atomic E-state index is 13.5. The van der Waals surface area contributed by atoms with Crippen molar-refractivity contribution >= 4 is 13.8 Å². The molecule has 2 aromatic carbocycles. The molecule has 4 heterocycles. The Morgan fingerprint density at radius 1 is 0.891 bits per heavy atom. The summed E-state index contributed by atoms with van der Waals surface area (Å²) in [6.45, 7) is 1.72. The van der Waals surface area contributed by atoms with Crippen LogP contribution in [0.4, 0.5) is 0 Å². The van der Waals surface area contributed by atoms with Gasteiger partial charge in [-0.3, -0.25) is 14.6 Å². The molecule has 0 radical (unpaired) electrons. The van der Waals surface area contributed by atoms with Crippen LogP contribution >= 0.6 is 7.82 Å². The van der Waals surface area contributed by atoms with E-state index in [2.05, 4.69) is 0 Å². The van der Waals surface area contributed by atoms with Crippen LogP contribution in [0, 0.1) is 11.8 Å². The fourth-order valence-corrected chi connectivity index (χ4v) is 7.35. The van der Waals surface area contributed by atoms with Gasteiger partial charge in [0.05, 0.1) is 39.5 Å². The number of phosphoric acid groups is 1. The molecular weight excluding hydrogens is 635 g/mol. The number of cyclic esters (lactones) is 1. The first-order valence-electron chi connectivity index (χ1n) is 14.5. The minimum Gasteiger partial charge on any atom is -0.493 e. The molecular formula is C29H33O16P. The van der Waals surface area contributed by atoms with Gasteiger partial charge in [-0.15, -0.1) is 0 Å². The molecule has 0 amide bonds. The quantitative estimate of drug-likeness (QED) is 0.241. The summed E-state index contributed by atoms with van der Waals surface area (Å²) in [5.74, 6) is -2.25. The van der Waals surface area contributed by atoms with Gasteiger partial charge in [0.2, 0.25) is 12.5 Å². The number of hydrogen-bond acceptors (Lipinski definition) is 14. The number of benzene rings is 2.